The molecule has 4 heteroatoms. The summed E-state index contributed by atoms with van der Waals surface area (Å²) in [6, 6.07) is 6.46. The molecule has 1 atom stereocenters. The van der Waals surface area contributed by atoms with E-state index in [1.165, 1.54) is 6.07 Å². The van der Waals surface area contributed by atoms with Crippen molar-refractivity contribution >= 4 is 0 Å². The van der Waals surface area contributed by atoms with E-state index in [2.05, 4.69) is 13.2 Å². The number of benzene rings is 1. The van der Waals surface area contributed by atoms with Gasteiger partial charge in [-0.3, -0.25) is 4.90 Å². The van der Waals surface area contributed by atoms with Crippen LogP contribution in [0, 0.1) is 5.82 Å². The van der Waals surface area contributed by atoms with E-state index in [1.54, 1.807) is 30.4 Å². The van der Waals surface area contributed by atoms with Crippen molar-refractivity contribution in [1.82, 2.24) is 4.90 Å². The Bertz CT molecular complexity index is 413. The normalized spacial score (nSPS) is 12.3. The Morgan fingerprint density at radius 2 is 1.90 bits per heavy atom. The first-order chi connectivity index (χ1) is 9.67. The topological polar surface area (TPSA) is 32.7 Å². The van der Waals surface area contributed by atoms with E-state index in [4.69, 9.17) is 4.74 Å². The summed E-state index contributed by atoms with van der Waals surface area (Å²) in [7, 11) is 0. The molecule has 1 unspecified atom stereocenters. The summed E-state index contributed by atoms with van der Waals surface area (Å²) in [6.07, 6.45) is 2.93. The Balaban J connectivity index is 2.32. The van der Waals surface area contributed by atoms with Gasteiger partial charge in [0.05, 0.1) is 19.3 Å². The minimum atomic E-state index is -0.623. The van der Waals surface area contributed by atoms with Crippen molar-refractivity contribution in [2.75, 3.05) is 26.2 Å². The van der Waals surface area contributed by atoms with E-state index in [0.29, 0.717) is 25.2 Å². The monoisotopic (exact) mass is 279 g/mol. The average Bonchev–Trinajstić information content (AvgIpc) is 2.41. The number of nitrogens with zero attached hydrogens (tertiary/aromatic N) is 1. The number of ether oxygens (including phenoxy) is 1. The van der Waals surface area contributed by atoms with Crippen LogP contribution >= 0.6 is 0 Å². The van der Waals surface area contributed by atoms with E-state index in [-0.39, 0.29) is 19.0 Å². The molecule has 0 aromatic heterocycles. The van der Waals surface area contributed by atoms with Crippen LogP contribution in [0.4, 0.5) is 4.39 Å². The summed E-state index contributed by atoms with van der Waals surface area (Å²) in [5.74, 6) is -0.290. The molecule has 1 aromatic rings. The van der Waals surface area contributed by atoms with Crippen LogP contribution in [0.15, 0.2) is 49.6 Å². The molecule has 0 aliphatic rings. The lowest BCUT2D eigenvalue weighted by molar-refractivity contribution is 0.0124. The predicted octanol–water partition coefficient (Wildman–Crippen LogP) is 2.38. The van der Waals surface area contributed by atoms with Gasteiger partial charge in [0.1, 0.15) is 5.82 Å². The standard InChI is InChI=1S/C16H22FNO2/c1-3-9-18(10-4-2)11-15(19)13-20-12-14-7-5-6-8-16(14)17/h3-8,15,19H,1-2,9-13H2. The number of hydrogen-bond acceptors (Lipinski definition) is 3. The highest BCUT2D eigenvalue weighted by Crippen LogP contribution is 2.08. The molecule has 1 aromatic carbocycles. The van der Waals surface area contributed by atoms with E-state index in [1.807, 2.05) is 4.90 Å². The second kappa shape index (κ2) is 9.42. The van der Waals surface area contributed by atoms with Gasteiger partial charge in [0.2, 0.25) is 0 Å². The maximum atomic E-state index is 13.4. The predicted molar refractivity (Wildman–Crippen MR) is 78.9 cm³/mol. The van der Waals surface area contributed by atoms with Crippen LogP contribution in [0.3, 0.4) is 0 Å². The van der Waals surface area contributed by atoms with Crippen molar-refractivity contribution in [3.05, 3.63) is 61.0 Å². The third kappa shape index (κ3) is 6.10. The second-order valence-corrected chi connectivity index (χ2v) is 4.56. The van der Waals surface area contributed by atoms with Crippen LogP contribution in [-0.2, 0) is 11.3 Å². The van der Waals surface area contributed by atoms with Crippen LogP contribution in [-0.4, -0.2) is 42.4 Å². The molecule has 110 valence electrons. The highest BCUT2D eigenvalue weighted by atomic mass is 19.1. The minimum Gasteiger partial charge on any atom is -0.389 e. The summed E-state index contributed by atoms with van der Waals surface area (Å²) < 4.78 is 18.7. The smallest absolute Gasteiger partial charge is 0.128 e. The van der Waals surface area contributed by atoms with Crippen molar-refractivity contribution in [2.45, 2.75) is 12.7 Å². The summed E-state index contributed by atoms with van der Waals surface area (Å²) in [5, 5.41) is 9.89. The highest BCUT2D eigenvalue weighted by Gasteiger charge is 2.10. The zero-order valence-electron chi connectivity index (χ0n) is 11.7. The fourth-order valence-corrected chi connectivity index (χ4v) is 1.86. The fraction of sp³-hybridized carbons (Fsp3) is 0.375. The van der Waals surface area contributed by atoms with E-state index >= 15 is 0 Å². The Kier molecular flexibility index (Phi) is 7.80. The molecular weight excluding hydrogens is 257 g/mol. The summed E-state index contributed by atoms with van der Waals surface area (Å²) in [4.78, 5) is 2.00. The maximum Gasteiger partial charge on any atom is 0.128 e. The fourth-order valence-electron chi connectivity index (χ4n) is 1.86. The lowest BCUT2D eigenvalue weighted by Gasteiger charge is -2.22. The van der Waals surface area contributed by atoms with Crippen molar-refractivity contribution in [1.29, 1.82) is 0 Å². The second-order valence-electron chi connectivity index (χ2n) is 4.56. The molecule has 0 saturated carbocycles. The third-order valence-corrected chi connectivity index (χ3v) is 2.77. The lowest BCUT2D eigenvalue weighted by atomic mass is 10.2. The molecule has 0 spiro atoms. The van der Waals surface area contributed by atoms with Crippen molar-refractivity contribution in [3.63, 3.8) is 0 Å². The Hall–Kier alpha value is -1.49. The first kappa shape index (κ1) is 16.6. The molecule has 0 aliphatic heterocycles. The third-order valence-electron chi connectivity index (χ3n) is 2.77. The molecule has 20 heavy (non-hydrogen) atoms. The molecule has 0 bridgehead atoms. The first-order valence-electron chi connectivity index (χ1n) is 6.60. The van der Waals surface area contributed by atoms with Gasteiger partial charge in [0, 0.05) is 25.2 Å². The molecule has 0 heterocycles. The van der Waals surface area contributed by atoms with Crippen LogP contribution in [0.1, 0.15) is 5.56 Å². The largest absolute Gasteiger partial charge is 0.389 e. The SMILES string of the molecule is C=CCN(CC=C)CC(O)COCc1ccccc1F. The van der Waals surface area contributed by atoms with Crippen molar-refractivity contribution in [3.8, 4) is 0 Å². The number of aliphatic hydroxyl groups is 1. The van der Waals surface area contributed by atoms with Gasteiger partial charge in [-0.2, -0.15) is 0 Å². The van der Waals surface area contributed by atoms with Gasteiger partial charge < -0.3 is 9.84 Å². The van der Waals surface area contributed by atoms with Crippen LogP contribution in [0.5, 0.6) is 0 Å². The molecule has 0 aliphatic carbocycles. The molecule has 3 nitrogen and oxygen atoms in total. The van der Waals surface area contributed by atoms with Crippen molar-refractivity contribution in [2.24, 2.45) is 0 Å². The molecule has 0 amide bonds. The maximum absolute atomic E-state index is 13.4. The Morgan fingerprint density at radius 1 is 1.25 bits per heavy atom. The average molecular weight is 279 g/mol. The van der Waals surface area contributed by atoms with Gasteiger partial charge in [0.25, 0.3) is 0 Å². The highest BCUT2D eigenvalue weighted by molar-refractivity contribution is 5.16. The number of aliphatic hydroxyl groups excluding tert-OH is 1. The van der Waals surface area contributed by atoms with E-state index < -0.39 is 6.10 Å². The number of halogens is 1. The first-order valence-corrected chi connectivity index (χ1v) is 6.60. The number of hydrogen-bond donors (Lipinski definition) is 1. The van der Waals surface area contributed by atoms with Gasteiger partial charge in [-0.1, -0.05) is 30.4 Å². The molecule has 1 N–H and O–H groups in total. The molecule has 0 saturated heterocycles. The van der Waals surface area contributed by atoms with Gasteiger partial charge in [-0.15, -0.1) is 13.2 Å². The van der Waals surface area contributed by atoms with E-state index in [9.17, 15) is 9.50 Å². The van der Waals surface area contributed by atoms with Gasteiger partial charge in [-0.05, 0) is 6.07 Å². The van der Waals surface area contributed by atoms with Gasteiger partial charge in [-0.25, -0.2) is 4.39 Å². The van der Waals surface area contributed by atoms with Gasteiger partial charge in [0.15, 0.2) is 0 Å². The zero-order valence-corrected chi connectivity index (χ0v) is 11.7. The summed E-state index contributed by atoms with van der Waals surface area (Å²) in [6.45, 7) is 9.49. The summed E-state index contributed by atoms with van der Waals surface area (Å²) >= 11 is 0. The Morgan fingerprint density at radius 3 is 2.50 bits per heavy atom. The van der Waals surface area contributed by atoms with E-state index in [0.717, 1.165) is 0 Å². The molecular formula is C16H22FNO2. The lowest BCUT2D eigenvalue weighted by Crippen LogP contribution is -2.35. The zero-order chi connectivity index (χ0) is 14.8. The number of rotatable bonds is 10. The Labute approximate surface area is 120 Å². The van der Waals surface area contributed by atoms with Crippen molar-refractivity contribution < 1.29 is 14.2 Å². The molecule has 0 fully saturated rings. The van der Waals surface area contributed by atoms with Crippen LogP contribution in [0.25, 0.3) is 0 Å². The summed E-state index contributed by atoms with van der Waals surface area (Å²) in [5.41, 5.74) is 0.494. The minimum absolute atomic E-state index is 0.159. The quantitative estimate of drug-likeness (QED) is 0.667. The van der Waals surface area contributed by atoms with Gasteiger partial charge >= 0.3 is 0 Å². The van der Waals surface area contributed by atoms with Crippen LogP contribution < -0.4 is 0 Å². The molecule has 1 rings (SSSR count). The molecule has 0 radical (unpaired) electrons. The van der Waals surface area contributed by atoms with Crippen LogP contribution in [0.2, 0.25) is 0 Å².